The fourth-order valence-electron chi connectivity index (χ4n) is 4.82. The third kappa shape index (κ3) is 9.39. The van der Waals surface area contributed by atoms with Crippen LogP contribution in [0.4, 0.5) is 0 Å². The van der Waals surface area contributed by atoms with E-state index < -0.39 is 11.6 Å². The summed E-state index contributed by atoms with van der Waals surface area (Å²) in [5.41, 5.74) is 16.0. The van der Waals surface area contributed by atoms with E-state index in [1.54, 1.807) is 0 Å². The van der Waals surface area contributed by atoms with E-state index in [-0.39, 0.29) is 18.0 Å². The van der Waals surface area contributed by atoms with E-state index in [1.807, 2.05) is 0 Å². The van der Waals surface area contributed by atoms with Gasteiger partial charge in [-0.25, -0.2) is 4.99 Å². The van der Waals surface area contributed by atoms with Gasteiger partial charge in [-0.05, 0) is 38.5 Å². The van der Waals surface area contributed by atoms with Gasteiger partial charge in [0.25, 0.3) is 0 Å². The van der Waals surface area contributed by atoms with Crippen molar-refractivity contribution in [2.75, 3.05) is 19.8 Å². The van der Waals surface area contributed by atoms with Crippen molar-refractivity contribution >= 4 is 17.9 Å². The van der Waals surface area contributed by atoms with Gasteiger partial charge in [0.1, 0.15) is 5.92 Å². The molecule has 3 unspecified atom stereocenters. The fraction of sp³-hybridized carbons (Fsp3) is 0.875. The van der Waals surface area contributed by atoms with E-state index in [2.05, 4.69) is 22.2 Å². The highest BCUT2D eigenvalue weighted by Gasteiger charge is 2.53. The Kier molecular flexibility index (Phi) is 12.4. The van der Waals surface area contributed by atoms with Crippen LogP contribution < -0.4 is 22.5 Å². The van der Waals surface area contributed by atoms with E-state index in [0.717, 1.165) is 57.8 Å². The number of guanidine groups is 2. The fourth-order valence-corrected chi connectivity index (χ4v) is 4.82. The molecule has 1 saturated heterocycles. The minimum absolute atomic E-state index is 0.127. The molecule has 0 aromatic heterocycles. The maximum atomic E-state index is 13.2. The Morgan fingerprint density at radius 2 is 1.82 bits per heavy atom. The summed E-state index contributed by atoms with van der Waals surface area (Å²) in [6.45, 7) is 3.88. The van der Waals surface area contributed by atoms with Crippen molar-refractivity contribution in [2.45, 2.75) is 109 Å². The molecule has 9 heteroatoms. The molecule has 0 bridgehead atoms. The zero-order valence-electron chi connectivity index (χ0n) is 20.5. The number of ether oxygens (including phenoxy) is 2. The lowest BCUT2D eigenvalue weighted by atomic mass is 9.82. The first-order valence-electron chi connectivity index (χ1n) is 13.0. The third-order valence-corrected chi connectivity index (χ3v) is 6.53. The Balaban J connectivity index is 1.83. The van der Waals surface area contributed by atoms with Crippen LogP contribution in [0.15, 0.2) is 9.98 Å². The van der Waals surface area contributed by atoms with Gasteiger partial charge in [-0.1, -0.05) is 58.3 Å². The maximum absolute atomic E-state index is 13.2. The smallest absolute Gasteiger partial charge is 0.316 e. The van der Waals surface area contributed by atoms with Crippen LogP contribution in [0.5, 0.6) is 0 Å². The molecule has 7 N–H and O–H groups in total. The first-order valence-corrected chi connectivity index (χ1v) is 13.0. The first kappa shape index (κ1) is 27.2. The van der Waals surface area contributed by atoms with E-state index >= 15 is 0 Å². The van der Waals surface area contributed by atoms with Gasteiger partial charge in [-0.15, -0.1) is 0 Å². The second-order valence-corrected chi connectivity index (χ2v) is 9.32. The molecule has 2 aliphatic heterocycles. The van der Waals surface area contributed by atoms with Gasteiger partial charge >= 0.3 is 5.97 Å². The Bertz CT molecular complexity index is 630. The number of hydrogen-bond acceptors (Lipinski definition) is 7. The molecule has 1 fully saturated rings. The molecule has 2 heterocycles. The number of esters is 1. The molecule has 33 heavy (non-hydrogen) atoms. The average Bonchev–Trinajstić information content (AvgIpc) is 3.22. The molecule has 1 spiro atoms. The third-order valence-electron chi connectivity index (χ3n) is 6.53. The van der Waals surface area contributed by atoms with Crippen LogP contribution in [0.1, 0.15) is 96.8 Å². The van der Waals surface area contributed by atoms with Crippen molar-refractivity contribution in [3.05, 3.63) is 0 Å². The number of unbranched alkanes of at least 4 members (excludes halogenated alkanes) is 9. The van der Waals surface area contributed by atoms with Crippen molar-refractivity contribution in [3.63, 3.8) is 0 Å². The predicted octanol–water partition coefficient (Wildman–Crippen LogP) is 2.91. The summed E-state index contributed by atoms with van der Waals surface area (Å²) in [5.74, 6) is -0.194. The van der Waals surface area contributed by atoms with Gasteiger partial charge < -0.3 is 32.0 Å². The van der Waals surface area contributed by atoms with E-state index in [9.17, 15) is 4.79 Å². The van der Waals surface area contributed by atoms with Crippen LogP contribution in [0, 0.1) is 5.92 Å². The molecule has 0 saturated carbocycles. The van der Waals surface area contributed by atoms with Crippen LogP contribution in [-0.2, 0) is 14.3 Å². The highest BCUT2D eigenvalue weighted by Crippen LogP contribution is 2.38. The first-order chi connectivity index (χ1) is 16.0. The lowest BCUT2D eigenvalue weighted by Crippen LogP contribution is -2.64. The second kappa shape index (κ2) is 15.0. The minimum Gasteiger partial charge on any atom is -0.465 e. The number of nitrogens with zero attached hydrogens (tertiary/aromatic N) is 2. The number of nitrogens with one attached hydrogen (secondary N) is 1. The summed E-state index contributed by atoms with van der Waals surface area (Å²) in [7, 11) is 0. The van der Waals surface area contributed by atoms with Gasteiger partial charge in [0.2, 0.25) is 0 Å². The summed E-state index contributed by atoms with van der Waals surface area (Å²) < 4.78 is 11.8. The quantitative estimate of drug-likeness (QED) is 0.118. The Hall–Kier alpha value is -2.03. The largest absolute Gasteiger partial charge is 0.465 e. The Labute approximate surface area is 199 Å². The zero-order chi connectivity index (χ0) is 23.9. The Morgan fingerprint density at radius 3 is 2.52 bits per heavy atom. The molecular formula is C24H46N6O3. The SMILES string of the molecule is CCCCCCCCCC1N=C(N)NC2(CCCO2)C1C(=O)OCCCCCCN=C(N)N. The normalized spacial score (nSPS) is 24.3. The molecule has 3 atom stereocenters. The van der Waals surface area contributed by atoms with Crippen molar-refractivity contribution in [2.24, 2.45) is 33.1 Å². The highest BCUT2D eigenvalue weighted by atomic mass is 16.5. The van der Waals surface area contributed by atoms with Gasteiger partial charge in [0.15, 0.2) is 17.6 Å². The number of aliphatic imine (C=N–C) groups is 2. The number of nitrogens with two attached hydrogens (primary N) is 3. The molecular weight excluding hydrogens is 420 g/mol. The summed E-state index contributed by atoms with van der Waals surface area (Å²) in [5, 5.41) is 3.18. The van der Waals surface area contributed by atoms with Crippen LogP contribution in [0.25, 0.3) is 0 Å². The average molecular weight is 467 g/mol. The molecule has 0 aromatic carbocycles. The van der Waals surface area contributed by atoms with Crippen molar-refractivity contribution < 1.29 is 14.3 Å². The lowest BCUT2D eigenvalue weighted by Gasteiger charge is -2.42. The number of hydrogen-bond donors (Lipinski definition) is 4. The van der Waals surface area contributed by atoms with E-state index in [4.69, 9.17) is 26.7 Å². The van der Waals surface area contributed by atoms with E-state index in [1.165, 1.54) is 32.1 Å². The second-order valence-electron chi connectivity index (χ2n) is 9.32. The van der Waals surface area contributed by atoms with Crippen molar-refractivity contribution in [1.82, 2.24) is 5.32 Å². The van der Waals surface area contributed by atoms with Crippen LogP contribution >= 0.6 is 0 Å². The summed E-state index contributed by atoms with van der Waals surface area (Å²) in [6.07, 6.45) is 14.7. The van der Waals surface area contributed by atoms with Crippen LogP contribution in [0.2, 0.25) is 0 Å². The van der Waals surface area contributed by atoms with Gasteiger partial charge in [0, 0.05) is 13.2 Å². The molecule has 0 aromatic rings. The zero-order valence-corrected chi connectivity index (χ0v) is 20.5. The predicted molar refractivity (Wildman–Crippen MR) is 133 cm³/mol. The molecule has 0 radical (unpaired) electrons. The molecule has 0 aliphatic carbocycles. The summed E-state index contributed by atoms with van der Waals surface area (Å²) in [6, 6.07) is -0.202. The van der Waals surface area contributed by atoms with Gasteiger partial charge in [0.05, 0.1) is 12.6 Å². The standard InChI is InChI=1S/C24H46N6O3/c1-2-3-4-5-6-7-10-14-19-20(24(15-13-18-33-24)30-23(27)29-19)21(31)32-17-12-9-8-11-16-28-22(25)26/h19-20H,2-18H2,1H3,(H4,25,26,28)(H3,27,29,30). The van der Waals surface area contributed by atoms with Gasteiger partial charge in [-0.2, -0.15) is 0 Å². The van der Waals surface area contributed by atoms with Crippen LogP contribution in [0.3, 0.4) is 0 Å². The number of carbonyl (C=O) groups excluding carboxylic acids is 1. The number of rotatable bonds is 16. The maximum Gasteiger partial charge on any atom is 0.316 e. The molecule has 9 nitrogen and oxygen atoms in total. The van der Waals surface area contributed by atoms with E-state index in [0.29, 0.717) is 25.7 Å². The minimum atomic E-state index is -0.783. The molecule has 0 amide bonds. The summed E-state index contributed by atoms with van der Waals surface area (Å²) >= 11 is 0. The molecule has 2 rings (SSSR count). The molecule has 190 valence electrons. The highest BCUT2D eigenvalue weighted by molar-refractivity contribution is 5.84. The molecule has 2 aliphatic rings. The topological polar surface area (TPSA) is 150 Å². The monoisotopic (exact) mass is 466 g/mol. The number of carbonyl (C=O) groups is 1. The lowest BCUT2D eigenvalue weighted by molar-refractivity contribution is -0.165. The van der Waals surface area contributed by atoms with Crippen LogP contribution in [-0.4, -0.2) is 49.4 Å². The van der Waals surface area contributed by atoms with Crippen molar-refractivity contribution in [1.29, 1.82) is 0 Å². The summed E-state index contributed by atoms with van der Waals surface area (Å²) in [4.78, 5) is 21.8. The Morgan fingerprint density at radius 1 is 1.12 bits per heavy atom. The van der Waals surface area contributed by atoms with Gasteiger partial charge in [-0.3, -0.25) is 9.79 Å². The van der Waals surface area contributed by atoms with Crippen molar-refractivity contribution in [3.8, 4) is 0 Å².